The maximum absolute atomic E-state index is 5.76. The fraction of sp³-hybridized carbons (Fsp3) is 0.778. The van der Waals surface area contributed by atoms with Gasteiger partial charge in [-0.05, 0) is 18.8 Å². The predicted molar refractivity (Wildman–Crippen MR) is 53.0 cm³/mol. The first-order chi connectivity index (χ1) is 6.85. The van der Waals surface area contributed by atoms with Crippen molar-refractivity contribution in [3.8, 4) is 0 Å². The van der Waals surface area contributed by atoms with Crippen LogP contribution < -0.4 is 0 Å². The minimum absolute atomic E-state index is 0.406. The lowest BCUT2D eigenvalue weighted by Gasteiger charge is -2.04. The molecule has 14 heavy (non-hydrogen) atoms. The normalized spacial score (nSPS) is 16.1. The third kappa shape index (κ3) is 2.07. The smallest absolute Gasteiger partial charge is 0.103 e. The molecule has 0 aliphatic heterocycles. The first kappa shape index (κ1) is 9.93. The van der Waals surface area contributed by atoms with Gasteiger partial charge < -0.3 is 4.74 Å². The van der Waals surface area contributed by atoms with E-state index in [4.69, 9.17) is 16.3 Å². The van der Waals surface area contributed by atoms with Crippen LogP contribution in [0.25, 0.3) is 0 Å². The van der Waals surface area contributed by atoms with Crippen molar-refractivity contribution in [3.63, 3.8) is 0 Å². The van der Waals surface area contributed by atoms with Crippen LogP contribution in [-0.4, -0.2) is 22.1 Å². The molecule has 1 saturated carbocycles. The van der Waals surface area contributed by atoms with Crippen LogP contribution in [0.4, 0.5) is 0 Å². The summed E-state index contributed by atoms with van der Waals surface area (Å²) in [6.45, 7) is 1.50. The van der Waals surface area contributed by atoms with E-state index in [1.807, 2.05) is 4.68 Å². The van der Waals surface area contributed by atoms with E-state index in [1.54, 1.807) is 7.11 Å². The molecule has 1 aromatic rings. The van der Waals surface area contributed by atoms with Gasteiger partial charge in [-0.3, -0.25) is 0 Å². The molecule has 0 amide bonds. The van der Waals surface area contributed by atoms with E-state index < -0.39 is 0 Å². The van der Waals surface area contributed by atoms with E-state index in [1.165, 1.54) is 12.8 Å². The molecule has 0 radical (unpaired) electrons. The Balaban J connectivity index is 2.14. The number of aromatic nitrogens is 3. The molecule has 1 aromatic heterocycles. The lowest BCUT2D eigenvalue weighted by molar-refractivity contribution is 0.175. The van der Waals surface area contributed by atoms with Crippen molar-refractivity contribution < 1.29 is 4.74 Å². The Labute approximate surface area is 88.2 Å². The standard InChI is InChI=1S/C9H14ClN3O/c1-14-6-9-8(4-10)11-12-13(9)5-7-2-3-7/h7H,2-6H2,1H3. The fourth-order valence-corrected chi connectivity index (χ4v) is 1.67. The van der Waals surface area contributed by atoms with E-state index in [0.717, 1.165) is 23.9 Å². The van der Waals surface area contributed by atoms with Gasteiger partial charge in [0, 0.05) is 13.7 Å². The quantitative estimate of drug-likeness (QED) is 0.701. The second kappa shape index (κ2) is 4.28. The average Bonchev–Trinajstić information content (AvgIpc) is 2.91. The summed E-state index contributed by atoms with van der Waals surface area (Å²) in [6, 6.07) is 0. The second-order valence-electron chi connectivity index (χ2n) is 3.67. The van der Waals surface area contributed by atoms with Crippen LogP contribution in [0.15, 0.2) is 0 Å². The molecule has 1 fully saturated rings. The van der Waals surface area contributed by atoms with Crippen molar-refractivity contribution in [1.82, 2.24) is 15.0 Å². The number of ether oxygens (including phenoxy) is 1. The summed E-state index contributed by atoms with van der Waals surface area (Å²) in [5, 5.41) is 8.12. The van der Waals surface area contributed by atoms with Crippen molar-refractivity contribution in [1.29, 1.82) is 0 Å². The van der Waals surface area contributed by atoms with Gasteiger partial charge in [-0.15, -0.1) is 16.7 Å². The van der Waals surface area contributed by atoms with Crippen molar-refractivity contribution in [2.45, 2.75) is 31.9 Å². The first-order valence-corrected chi connectivity index (χ1v) is 5.34. The van der Waals surface area contributed by atoms with Crippen LogP contribution in [0.2, 0.25) is 0 Å². The zero-order chi connectivity index (χ0) is 9.97. The van der Waals surface area contributed by atoms with E-state index in [-0.39, 0.29) is 0 Å². The molecule has 5 heteroatoms. The van der Waals surface area contributed by atoms with Crippen LogP contribution in [0, 0.1) is 5.92 Å². The largest absolute Gasteiger partial charge is 0.378 e. The maximum Gasteiger partial charge on any atom is 0.103 e. The van der Waals surface area contributed by atoms with Crippen LogP contribution >= 0.6 is 11.6 Å². The first-order valence-electron chi connectivity index (χ1n) is 4.81. The van der Waals surface area contributed by atoms with Gasteiger partial charge in [0.05, 0.1) is 18.2 Å². The van der Waals surface area contributed by atoms with Gasteiger partial charge in [-0.2, -0.15) is 0 Å². The molecule has 0 saturated heterocycles. The third-order valence-corrected chi connectivity index (χ3v) is 2.71. The lowest BCUT2D eigenvalue weighted by atomic mass is 10.3. The monoisotopic (exact) mass is 215 g/mol. The Morgan fingerprint density at radius 1 is 1.57 bits per heavy atom. The highest BCUT2D eigenvalue weighted by atomic mass is 35.5. The van der Waals surface area contributed by atoms with Crippen molar-refractivity contribution in [3.05, 3.63) is 11.4 Å². The summed E-state index contributed by atoms with van der Waals surface area (Å²) >= 11 is 5.76. The number of rotatable bonds is 5. The zero-order valence-electron chi connectivity index (χ0n) is 8.24. The topological polar surface area (TPSA) is 39.9 Å². The molecule has 78 valence electrons. The molecule has 0 spiro atoms. The molecule has 1 aliphatic rings. The fourth-order valence-electron chi connectivity index (χ4n) is 1.46. The Bertz CT molecular complexity index is 309. The van der Waals surface area contributed by atoms with E-state index in [9.17, 15) is 0 Å². The van der Waals surface area contributed by atoms with Crippen molar-refractivity contribution >= 4 is 11.6 Å². The minimum atomic E-state index is 0.406. The third-order valence-electron chi connectivity index (χ3n) is 2.45. The molecular weight excluding hydrogens is 202 g/mol. The van der Waals surface area contributed by atoms with Gasteiger partial charge in [0.2, 0.25) is 0 Å². The van der Waals surface area contributed by atoms with E-state index in [2.05, 4.69) is 10.3 Å². The molecule has 1 heterocycles. The van der Waals surface area contributed by atoms with Gasteiger partial charge in [0.1, 0.15) is 5.69 Å². The predicted octanol–water partition coefficient (Wildman–Crippen LogP) is 1.57. The summed E-state index contributed by atoms with van der Waals surface area (Å²) in [4.78, 5) is 0. The number of hydrogen-bond donors (Lipinski definition) is 0. The van der Waals surface area contributed by atoms with Gasteiger partial charge >= 0.3 is 0 Å². The van der Waals surface area contributed by atoms with Gasteiger partial charge in [0.15, 0.2) is 0 Å². The molecule has 2 rings (SSSR count). The SMILES string of the molecule is COCc1c(CCl)nnn1CC1CC1. The molecule has 0 bridgehead atoms. The molecule has 0 atom stereocenters. The van der Waals surface area contributed by atoms with E-state index >= 15 is 0 Å². The average molecular weight is 216 g/mol. The van der Waals surface area contributed by atoms with Crippen molar-refractivity contribution in [2.24, 2.45) is 5.92 Å². The number of nitrogens with zero attached hydrogens (tertiary/aromatic N) is 3. The van der Waals surface area contributed by atoms with Gasteiger partial charge in [0.25, 0.3) is 0 Å². The highest BCUT2D eigenvalue weighted by Crippen LogP contribution is 2.31. The second-order valence-corrected chi connectivity index (χ2v) is 3.94. The molecule has 4 nitrogen and oxygen atoms in total. The van der Waals surface area contributed by atoms with Crippen LogP contribution in [0.1, 0.15) is 24.2 Å². The van der Waals surface area contributed by atoms with E-state index in [0.29, 0.717) is 12.5 Å². The summed E-state index contributed by atoms with van der Waals surface area (Å²) in [5.74, 6) is 1.19. The molecule has 0 N–H and O–H groups in total. The summed E-state index contributed by atoms with van der Waals surface area (Å²) < 4.78 is 7.04. The van der Waals surface area contributed by atoms with Gasteiger partial charge in [-0.25, -0.2) is 4.68 Å². The van der Waals surface area contributed by atoms with Gasteiger partial charge in [-0.1, -0.05) is 5.21 Å². The summed E-state index contributed by atoms with van der Waals surface area (Å²) in [7, 11) is 1.67. The van der Waals surface area contributed by atoms with Crippen LogP contribution in [0.5, 0.6) is 0 Å². The number of alkyl halides is 1. The highest BCUT2D eigenvalue weighted by Gasteiger charge is 2.24. The lowest BCUT2D eigenvalue weighted by Crippen LogP contribution is -2.08. The Morgan fingerprint density at radius 3 is 2.93 bits per heavy atom. The number of hydrogen-bond acceptors (Lipinski definition) is 3. The Hall–Kier alpha value is -0.610. The van der Waals surface area contributed by atoms with Crippen LogP contribution in [-0.2, 0) is 23.8 Å². The highest BCUT2D eigenvalue weighted by molar-refractivity contribution is 6.16. The molecule has 0 unspecified atom stereocenters. The summed E-state index contributed by atoms with van der Waals surface area (Å²) in [5.41, 5.74) is 1.86. The maximum atomic E-state index is 5.76. The minimum Gasteiger partial charge on any atom is -0.378 e. The van der Waals surface area contributed by atoms with Crippen LogP contribution in [0.3, 0.4) is 0 Å². The zero-order valence-corrected chi connectivity index (χ0v) is 9.00. The Morgan fingerprint density at radius 2 is 2.36 bits per heavy atom. The number of methoxy groups -OCH3 is 1. The number of halogens is 1. The van der Waals surface area contributed by atoms with Crippen molar-refractivity contribution in [2.75, 3.05) is 7.11 Å². The molecular formula is C9H14ClN3O. The Kier molecular flexibility index (Phi) is 3.03. The summed E-state index contributed by atoms with van der Waals surface area (Å²) in [6.07, 6.45) is 2.62. The molecule has 0 aromatic carbocycles. The molecule has 1 aliphatic carbocycles.